The number of ether oxygens (including phenoxy) is 2. The number of ketones is 2. The highest BCUT2D eigenvalue weighted by atomic mass is 35.5. The van der Waals surface area contributed by atoms with Crippen LogP contribution in [0.3, 0.4) is 0 Å². The van der Waals surface area contributed by atoms with Crippen LogP contribution in [-0.2, 0) is 30.3 Å². The minimum Gasteiger partial charge on any atom is -0.506 e. The molecule has 0 radical (unpaired) electrons. The maximum absolute atomic E-state index is 13.6. The summed E-state index contributed by atoms with van der Waals surface area (Å²) < 4.78 is 11.3. The third kappa shape index (κ3) is 7.58. The molecule has 0 fully saturated rings. The quantitative estimate of drug-likeness (QED) is 0.167. The Morgan fingerprint density at radius 2 is 1.23 bits per heavy atom. The third-order valence-corrected chi connectivity index (χ3v) is 10.8. The highest BCUT2D eigenvalue weighted by Crippen LogP contribution is 2.44. The lowest BCUT2D eigenvalue weighted by Gasteiger charge is -2.34. The van der Waals surface area contributed by atoms with Crippen LogP contribution in [0.2, 0.25) is 20.4 Å². The van der Waals surface area contributed by atoms with E-state index in [4.69, 9.17) is 55.9 Å². The van der Waals surface area contributed by atoms with Gasteiger partial charge in [0.15, 0.2) is 11.6 Å². The fraction of sp³-hybridized carbons (Fsp3) is 0.300. The molecule has 7 rings (SSSR count). The molecular formula is C40H36Cl4N4O5. The number of halogens is 4. The molecule has 4 heterocycles. The number of aromatic nitrogens is 4. The van der Waals surface area contributed by atoms with Gasteiger partial charge in [0.1, 0.15) is 34.2 Å². The monoisotopic (exact) mass is 792 g/mol. The molecule has 2 atom stereocenters. The predicted molar refractivity (Wildman–Crippen MR) is 205 cm³/mol. The number of hydrogen-bond acceptors (Lipinski definition) is 9. The van der Waals surface area contributed by atoms with Crippen LogP contribution in [0.15, 0.2) is 60.9 Å². The van der Waals surface area contributed by atoms with Gasteiger partial charge in [-0.05, 0) is 94.3 Å². The number of Topliss-reactive ketones (excluding diaryl/α,β-unsaturated/α-hetero) is 2. The third-order valence-electron chi connectivity index (χ3n) is 9.95. The molecule has 5 aromatic rings. The normalized spacial score (nSPS) is 19.1. The van der Waals surface area contributed by atoms with E-state index < -0.39 is 10.8 Å². The SMILES string of the molecule is COc1ccc(COc2cc(Cl)cnc2C2(C)CCc3nc(Cl)cc(C)c3C2=O)cc1.Cc1cc(Cl)nc2c1C(=O)C(C)(c1ncc(Cl)cc1O)CC2. The zero-order valence-electron chi connectivity index (χ0n) is 29.7. The Labute approximate surface area is 327 Å². The van der Waals surface area contributed by atoms with Gasteiger partial charge in [0.25, 0.3) is 0 Å². The molecule has 0 spiro atoms. The minimum absolute atomic E-state index is 0.0282. The van der Waals surface area contributed by atoms with Crippen LogP contribution < -0.4 is 9.47 Å². The van der Waals surface area contributed by atoms with Crippen molar-refractivity contribution in [3.05, 3.63) is 132 Å². The number of aryl methyl sites for hydroxylation is 4. The van der Waals surface area contributed by atoms with Crippen molar-refractivity contribution in [2.45, 2.75) is 70.8 Å². The van der Waals surface area contributed by atoms with Crippen molar-refractivity contribution in [2.75, 3.05) is 7.11 Å². The number of methoxy groups -OCH3 is 1. The van der Waals surface area contributed by atoms with Gasteiger partial charge in [-0.2, -0.15) is 0 Å². The number of nitrogens with zero attached hydrogens (tertiary/aromatic N) is 4. The first-order valence-corrected chi connectivity index (χ1v) is 18.3. The second-order valence-corrected chi connectivity index (χ2v) is 15.3. The topological polar surface area (TPSA) is 124 Å². The van der Waals surface area contributed by atoms with Crippen molar-refractivity contribution < 1.29 is 24.2 Å². The van der Waals surface area contributed by atoms with Crippen LogP contribution >= 0.6 is 46.4 Å². The number of pyridine rings is 4. The molecule has 0 aliphatic heterocycles. The van der Waals surface area contributed by atoms with Crippen LogP contribution in [-0.4, -0.2) is 43.7 Å². The molecule has 2 unspecified atom stereocenters. The molecule has 13 heteroatoms. The molecule has 0 bridgehead atoms. The van der Waals surface area contributed by atoms with Gasteiger partial charge in [0, 0.05) is 35.7 Å². The summed E-state index contributed by atoms with van der Waals surface area (Å²) in [5.41, 5.74) is 4.40. The van der Waals surface area contributed by atoms with Gasteiger partial charge in [-0.25, -0.2) is 9.97 Å². The molecule has 1 aromatic carbocycles. The van der Waals surface area contributed by atoms with Gasteiger partial charge >= 0.3 is 0 Å². The molecule has 274 valence electrons. The van der Waals surface area contributed by atoms with E-state index in [9.17, 15) is 14.7 Å². The number of fused-ring (bicyclic) bond motifs is 2. The van der Waals surface area contributed by atoms with Gasteiger partial charge in [-0.1, -0.05) is 58.5 Å². The Bertz CT molecular complexity index is 2250. The summed E-state index contributed by atoms with van der Waals surface area (Å²) in [4.78, 5) is 44.0. The number of benzene rings is 1. The van der Waals surface area contributed by atoms with E-state index in [0.29, 0.717) is 86.6 Å². The van der Waals surface area contributed by atoms with Crippen LogP contribution in [0, 0.1) is 13.8 Å². The van der Waals surface area contributed by atoms with Gasteiger partial charge in [-0.3, -0.25) is 19.6 Å². The van der Waals surface area contributed by atoms with E-state index in [2.05, 4.69) is 19.9 Å². The Kier molecular flexibility index (Phi) is 11.0. The summed E-state index contributed by atoms with van der Waals surface area (Å²) >= 11 is 24.1. The molecule has 53 heavy (non-hydrogen) atoms. The second-order valence-electron chi connectivity index (χ2n) is 13.6. The van der Waals surface area contributed by atoms with E-state index in [1.54, 1.807) is 38.4 Å². The van der Waals surface area contributed by atoms with E-state index in [-0.39, 0.29) is 17.3 Å². The Morgan fingerprint density at radius 1 is 0.736 bits per heavy atom. The van der Waals surface area contributed by atoms with E-state index in [1.807, 2.05) is 45.0 Å². The van der Waals surface area contributed by atoms with Crippen molar-refractivity contribution in [1.29, 1.82) is 0 Å². The average Bonchev–Trinajstić information content (AvgIpc) is 3.11. The molecule has 2 aliphatic rings. The molecule has 2 aliphatic carbocycles. The molecule has 1 N–H and O–H groups in total. The molecule has 0 amide bonds. The zero-order chi connectivity index (χ0) is 38.2. The van der Waals surface area contributed by atoms with Gasteiger partial charge in [0.05, 0.1) is 50.8 Å². The first-order chi connectivity index (χ1) is 25.1. The van der Waals surface area contributed by atoms with Crippen molar-refractivity contribution in [1.82, 2.24) is 19.9 Å². The van der Waals surface area contributed by atoms with Gasteiger partial charge in [-0.15, -0.1) is 0 Å². The Morgan fingerprint density at radius 3 is 1.74 bits per heavy atom. The van der Waals surface area contributed by atoms with Crippen LogP contribution in [0.5, 0.6) is 17.2 Å². The van der Waals surface area contributed by atoms with Crippen LogP contribution in [0.1, 0.15) is 86.9 Å². The van der Waals surface area contributed by atoms with Gasteiger partial charge < -0.3 is 14.6 Å². The molecule has 0 saturated heterocycles. The lowest BCUT2D eigenvalue weighted by Crippen LogP contribution is -2.39. The largest absolute Gasteiger partial charge is 0.506 e. The number of rotatable bonds is 6. The smallest absolute Gasteiger partial charge is 0.176 e. The standard InChI is InChI=1S/C24H22Cl2N2O3.C16H14Cl2N2O2/c1-14-10-20(26)28-18-8-9-24(2,23(29)21(14)18)22-19(11-16(25)12-27-22)31-13-15-4-6-17(30-3)7-5-15;1-8-5-12(18)20-10-3-4-16(2,15(22)13(8)10)14-11(21)6-9(17)7-19-14/h4-7,10-12H,8-9,13H2,1-3H3;5-7,21H,3-4H2,1-2H3. The summed E-state index contributed by atoms with van der Waals surface area (Å²) in [7, 11) is 1.63. The number of carbonyl (C=O) groups excluding carboxylic acids is 2. The summed E-state index contributed by atoms with van der Waals surface area (Å²) in [6, 6.07) is 14.1. The lowest BCUT2D eigenvalue weighted by molar-refractivity contribution is 0.0859. The second kappa shape index (κ2) is 15.2. The summed E-state index contributed by atoms with van der Waals surface area (Å²) in [6.07, 6.45) is 5.28. The zero-order valence-corrected chi connectivity index (χ0v) is 32.7. The molecule has 9 nitrogen and oxygen atoms in total. The fourth-order valence-electron chi connectivity index (χ4n) is 7.02. The maximum Gasteiger partial charge on any atom is 0.176 e. The highest BCUT2D eigenvalue weighted by molar-refractivity contribution is 6.31. The minimum atomic E-state index is -0.901. The Hall–Kier alpha value is -4.28. The van der Waals surface area contributed by atoms with Crippen molar-refractivity contribution in [3.63, 3.8) is 0 Å². The van der Waals surface area contributed by atoms with E-state index >= 15 is 0 Å². The average molecular weight is 795 g/mol. The fourth-order valence-corrected chi connectivity index (χ4v) is 7.85. The van der Waals surface area contributed by atoms with E-state index in [0.717, 1.165) is 28.1 Å². The summed E-state index contributed by atoms with van der Waals surface area (Å²) in [5.74, 6) is 1.09. The lowest BCUT2D eigenvalue weighted by atomic mass is 9.69. The highest BCUT2D eigenvalue weighted by Gasteiger charge is 2.45. The van der Waals surface area contributed by atoms with Crippen LogP contribution in [0.4, 0.5) is 0 Å². The molecule has 0 saturated carbocycles. The van der Waals surface area contributed by atoms with Crippen molar-refractivity contribution in [3.8, 4) is 17.2 Å². The van der Waals surface area contributed by atoms with Gasteiger partial charge in [0.2, 0.25) is 0 Å². The number of aromatic hydroxyl groups is 1. The number of carbonyl (C=O) groups is 2. The first kappa shape index (κ1) is 38.4. The van der Waals surface area contributed by atoms with Crippen LogP contribution in [0.25, 0.3) is 0 Å². The van der Waals surface area contributed by atoms with Crippen molar-refractivity contribution in [2.24, 2.45) is 0 Å². The number of hydrogen-bond donors (Lipinski definition) is 1. The predicted octanol–water partition coefficient (Wildman–Crippen LogP) is 9.65. The molecule has 4 aromatic heterocycles. The van der Waals surface area contributed by atoms with Crippen molar-refractivity contribution >= 4 is 58.0 Å². The first-order valence-electron chi connectivity index (χ1n) is 16.8. The summed E-state index contributed by atoms with van der Waals surface area (Å²) in [5, 5.41) is 11.7. The Balaban J connectivity index is 0.000000192. The molecular weight excluding hydrogens is 758 g/mol. The summed E-state index contributed by atoms with van der Waals surface area (Å²) in [6.45, 7) is 7.73. The van der Waals surface area contributed by atoms with E-state index in [1.165, 1.54) is 12.3 Å². The maximum atomic E-state index is 13.6.